The maximum Gasteiger partial charge on any atom is 0.123 e. The second kappa shape index (κ2) is 8.20. The molecule has 2 nitrogen and oxygen atoms in total. The van der Waals surface area contributed by atoms with Crippen LogP contribution in [0.5, 0.6) is 0 Å². The van der Waals surface area contributed by atoms with Crippen molar-refractivity contribution in [3.8, 4) is 0 Å². The summed E-state index contributed by atoms with van der Waals surface area (Å²) in [5.74, 6) is -0.187. The van der Waals surface area contributed by atoms with Crippen molar-refractivity contribution < 1.29 is 9.13 Å². The third kappa shape index (κ3) is 5.29. The van der Waals surface area contributed by atoms with Crippen LogP contribution in [0.1, 0.15) is 38.3 Å². The van der Waals surface area contributed by atoms with E-state index in [1.54, 1.807) is 0 Å². The summed E-state index contributed by atoms with van der Waals surface area (Å²) in [5, 5.41) is 3.46. The van der Waals surface area contributed by atoms with Gasteiger partial charge in [-0.1, -0.05) is 19.1 Å². The van der Waals surface area contributed by atoms with Gasteiger partial charge in [0.15, 0.2) is 0 Å². The lowest BCUT2D eigenvalue weighted by Crippen LogP contribution is -2.23. The number of ether oxygens (including phenoxy) is 1. The highest BCUT2D eigenvalue weighted by Crippen LogP contribution is 2.17. The largest absolute Gasteiger partial charge is 0.382 e. The minimum absolute atomic E-state index is 0.187. The fourth-order valence-electron chi connectivity index (χ4n) is 1.75. The standard InChI is InChI=1S/C14H22FNO/c1-3-10-16-14(9-11-17-4-2)12-5-7-13(15)8-6-12/h5-8,14,16H,3-4,9-11H2,1-2H3. The van der Waals surface area contributed by atoms with E-state index in [1.807, 2.05) is 19.1 Å². The van der Waals surface area contributed by atoms with Crippen LogP contribution in [-0.2, 0) is 4.74 Å². The first-order valence-corrected chi connectivity index (χ1v) is 6.34. The van der Waals surface area contributed by atoms with Crippen molar-refractivity contribution in [2.45, 2.75) is 32.7 Å². The van der Waals surface area contributed by atoms with E-state index in [9.17, 15) is 4.39 Å². The average Bonchev–Trinajstić information content (AvgIpc) is 2.35. The van der Waals surface area contributed by atoms with Crippen molar-refractivity contribution >= 4 is 0 Å². The molecular formula is C14H22FNO. The molecule has 0 aromatic heterocycles. The van der Waals surface area contributed by atoms with E-state index < -0.39 is 0 Å². The molecule has 3 heteroatoms. The van der Waals surface area contributed by atoms with Gasteiger partial charge in [-0.15, -0.1) is 0 Å². The number of benzene rings is 1. The molecule has 0 aliphatic rings. The Labute approximate surface area is 103 Å². The van der Waals surface area contributed by atoms with Gasteiger partial charge < -0.3 is 10.1 Å². The first-order chi connectivity index (χ1) is 8.27. The first-order valence-electron chi connectivity index (χ1n) is 6.34. The molecule has 1 aromatic carbocycles. The SMILES string of the molecule is CCCNC(CCOCC)c1ccc(F)cc1. The van der Waals surface area contributed by atoms with E-state index in [4.69, 9.17) is 4.74 Å². The van der Waals surface area contributed by atoms with E-state index in [0.717, 1.165) is 38.2 Å². The smallest absolute Gasteiger partial charge is 0.123 e. The summed E-state index contributed by atoms with van der Waals surface area (Å²) in [6.45, 7) is 6.57. The third-order valence-electron chi connectivity index (χ3n) is 2.67. The molecule has 0 saturated heterocycles. The molecule has 0 aliphatic heterocycles. The van der Waals surface area contributed by atoms with Crippen LogP contribution in [0.4, 0.5) is 4.39 Å². The zero-order chi connectivity index (χ0) is 12.5. The third-order valence-corrected chi connectivity index (χ3v) is 2.67. The molecule has 0 bridgehead atoms. The summed E-state index contributed by atoms with van der Waals surface area (Å²) in [7, 11) is 0. The molecule has 1 rings (SSSR count). The molecule has 0 spiro atoms. The predicted octanol–water partition coefficient (Wildman–Crippen LogP) is 3.29. The van der Waals surface area contributed by atoms with Gasteiger partial charge in [0, 0.05) is 19.3 Å². The molecule has 0 aliphatic carbocycles. The summed E-state index contributed by atoms with van der Waals surface area (Å²) in [4.78, 5) is 0. The van der Waals surface area contributed by atoms with Crippen LogP contribution in [-0.4, -0.2) is 19.8 Å². The van der Waals surface area contributed by atoms with Crippen LogP contribution in [0.3, 0.4) is 0 Å². The Bertz CT molecular complexity index is 300. The van der Waals surface area contributed by atoms with Crippen LogP contribution in [0.2, 0.25) is 0 Å². The number of nitrogens with one attached hydrogen (secondary N) is 1. The Morgan fingerprint density at radius 2 is 1.94 bits per heavy atom. The molecule has 0 heterocycles. The average molecular weight is 239 g/mol. The number of halogens is 1. The lowest BCUT2D eigenvalue weighted by Gasteiger charge is -2.18. The zero-order valence-corrected chi connectivity index (χ0v) is 10.7. The number of hydrogen-bond donors (Lipinski definition) is 1. The lowest BCUT2D eigenvalue weighted by molar-refractivity contribution is 0.136. The van der Waals surface area contributed by atoms with Gasteiger partial charge in [-0.2, -0.15) is 0 Å². The van der Waals surface area contributed by atoms with Crippen LogP contribution < -0.4 is 5.32 Å². The summed E-state index contributed by atoms with van der Waals surface area (Å²) in [6.07, 6.45) is 2.01. The highest BCUT2D eigenvalue weighted by Gasteiger charge is 2.10. The lowest BCUT2D eigenvalue weighted by atomic mass is 10.0. The molecule has 1 N–H and O–H groups in total. The molecule has 1 atom stereocenters. The fourth-order valence-corrected chi connectivity index (χ4v) is 1.75. The highest BCUT2D eigenvalue weighted by molar-refractivity contribution is 5.19. The summed E-state index contributed by atoms with van der Waals surface area (Å²) in [5.41, 5.74) is 1.12. The molecular weight excluding hydrogens is 217 g/mol. The van der Waals surface area contributed by atoms with E-state index in [1.165, 1.54) is 12.1 Å². The maximum absolute atomic E-state index is 12.9. The Balaban J connectivity index is 2.57. The fraction of sp³-hybridized carbons (Fsp3) is 0.571. The van der Waals surface area contributed by atoms with Gasteiger partial charge >= 0.3 is 0 Å². The van der Waals surface area contributed by atoms with Gasteiger partial charge in [-0.25, -0.2) is 4.39 Å². The maximum atomic E-state index is 12.9. The minimum Gasteiger partial charge on any atom is -0.382 e. The monoisotopic (exact) mass is 239 g/mol. The molecule has 0 saturated carbocycles. The van der Waals surface area contributed by atoms with E-state index in [-0.39, 0.29) is 11.9 Å². The van der Waals surface area contributed by atoms with Crippen LogP contribution in [0.25, 0.3) is 0 Å². The molecule has 96 valence electrons. The summed E-state index contributed by atoms with van der Waals surface area (Å²) >= 11 is 0. The zero-order valence-electron chi connectivity index (χ0n) is 10.7. The molecule has 1 unspecified atom stereocenters. The number of hydrogen-bond acceptors (Lipinski definition) is 2. The topological polar surface area (TPSA) is 21.3 Å². The van der Waals surface area contributed by atoms with E-state index in [0.29, 0.717) is 0 Å². The van der Waals surface area contributed by atoms with Crippen LogP contribution >= 0.6 is 0 Å². The number of rotatable bonds is 8. The van der Waals surface area contributed by atoms with Gasteiger partial charge in [0.05, 0.1) is 0 Å². The minimum atomic E-state index is -0.187. The van der Waals surface area contributed by atoms with Gasteiger partial charge in [-0.05, 0) is 44.0 Å². The van der Waals surface area contributed by atoms with Crippen LogP contribution in [0.15, 0.2) is 24.3 Å². The molecule has 0 radical (unpaired) electrons. The second-order valence-corrected chi connectivity index (χ2v) is 4.04. The van der Waals surface area contributed by atoms with Crippen molar-refractivity contribution in [3.63, 3.8) is 0 Å². The van der Waals surface area contributed by atoms with Crippen LogP contribution in [0, 0.1) is 5.82 Å². The van der Waals surface area contributed by atoms with Crippen molar-refractivity contribution in [1.29, 1.82) is 0 Å². The van der Waals surface area contributed by atoms with Gasteiger partial charge in [0.1, 0.15) is 5.82 Å². The quantitative estimate of drug-likeness (QED) is 0.703. The molecule has 17 heavy (non-hydrogen) atoms. The van der Waals surface area contributed by atoms with Crippen molar-refractivity contribution in [3.05, 3.63) is 35.6 Å². The first kappa shape index (κ1) is 14.1. The second-order valence-electron chi connectivity index (χ2n) is 4.04. The molecule has 0 fully saturated rings. The Morgan fingerprint density at radius 1 is 1.24 bits per heavy atom. The normalized spacial score (nSPS) is 12.6. The van der Waals surface area contributed by atoms with E-state index >= 15 is 0 Å². The van der Waals surface area contributed by atoms with Gasteiger partial charge in [0.25, 0.3) is 0 Å². The Kier molecular flexibility index (Phi) is 6.82. The summed E-state index contributed by atoms with van der Waals surface area (Å²) in [6, 6.07) is 6.96. The Morgan fingerprint density at radius 3 is 2.53 bits per heavy atom. The molecule has 1 aromatic rings. The predicted molar refractivity (Wildman–Crippen MR) is 68.5 cm³/mol. The van der Waals surface area contributed by atoms with Gasteiger partial charge in [0.2, 0.25) is 0 Å². The van der Waals surface area contributed by atoms with Crippen molar-refractivity contribution in [1.82, 2.24) is 5.32 Å². The van der Waals surface area contributed by atoms with Crippen molar-refractivity contribution in [2.24, 2.45) is 0 Å². The van der Waals surface area contributed by atoms with Gasteiger partial charge in [-0.3, -0.25) is 0 Å². The van der Waals surface area contributed by atoms with E-state index in [2.05, 4.69) is 12.2 Å². The highest BCUT2D eigenvalue weighted by atomic mass is 19.1. The summed E-state index contributed by atoms with van der Waals surface area (Å²) < 4.78 is 18.2. The van der Waals surface area contributed by atoms with Crippen molar-refractivity contribution in [2.75, 3.05) is 19.8 Å². The molecule has 0 amide bonds. The Hall–Kier alpha value is -0.930.